The van der Waals surface area contributed by atoms with Crippen LogP contribution in [-0.4, -0.2) is 10.5 Å². The van der Waals surface area contributed by atoms with Gasteiger partial charge in [0.25, 0.3) is 5.91 Å². The van der Waals surface area contributed by atoms with Crippen LogP contribution in [0.3, 0.4) is 0 Å². The van der Waals surface area contributed by atoms with E-state index in [-0.39, 0.29) is 5.91 Å². The summed E-state index contributed by atoms with van der Waals surface area (Å²) in [4.78, 5) is 12.7. The number of para-hydroxylation sites is 1. The van der Waals surface area contributed by atoms with Crippen molar-refractivity contribution in [1.29, 1.82) is 0 Å². The van der Waals surface area contributed by atoms with Crippen LogP contribution in [0.25, 0.3) is 5.69 Å². The van der Waals surface area contributed by atoms with Gasteiger partial charge in [0.05, 0.1) is 0 Å². The van der Waals surface area contributed by atoms with Crippen molar-refractivity contribution < 1.29 is 4.79 Å². The molecule has 0 unspecified atom stereocenters. The molecule has 3 heteroatoms. The minimum absolute atomic E-state index is 0.0864. The molecular formula is C21H22N2O. The minimum Gasteiger partial charge on any atom is -0.322 e. The SMILES string of the molecule is Cc1cccc(C)c1NC(=O)c1cccc(-n2c(C)ccc2C)c1. The molecule has 1 N–H and O–H groups in total. The molecule has 0 aliphatic carbocycles. The summed E-state index contributed by atoms with van der Waals surface area (Å²) in [5, 5.41) is 3.05. The van der Waals surface area contributed by atoms with Crippen LogP contribution in [0.1, 0.15) is 32.9 Å². The third-order valence-electron chi connectivity index (χ3n) is 4.36. The second-order valence-electron chi connectivity index (χ2n) is 6.22. The number of carbonyl (C=O) groups excluding carboxylic acids is 1. The van der Waals surface area contributed by atoms with Gasteiger partial charge in [-0.1, -0.05) is 24.3 Å². The first-order chi connectivity index (χ1) is 11.5. The van der Waals surface area contributed by atoms with E-state index >= 15 is 0 Å². The zero-order chi connectivity index (χ0) is 17.3. The van der Waals surface area contributed by atoms with E-state index in [2.05, 4.69) is 35.9 Å². The summed E-state index contributed by atoms with van der Waals surface area (Å²) >= 11 is 0. The molecular weight excluding hydrogens is 296 g/mol. The third kappa shape index (κ3) is 2.98. The molecule has 122 valence electrons. The predicted molar refractivity (Wildman–Crippen MR) is 99.1 cm³/mol. The van der Waals surface area contributed by atoms with Crippen molar-refractivity contribution in [2.24, 2.45) is 0 Å². The molecule has 0 bridgehead atoms. The molecule has 1 heterocycles. The first kappa shape index (κ1) is 16.1. The van der Waals surface area contributed by atoms with Gasteiger partial charge in [0, 0.05) is 28.3 Å². The number of hydrogen-bond acceptors (Lipinski definition) is 1. The molecule has 0 aliphatic rings. The van der Waals surface area contributed by atoms with E-state index < -0.39 is 0 Å². The Bertz CT molecular complexity index is 866. The van der Waals surface area contributed by atoms with Crippen LogP contribution in [0.5, 0.6) is 0 Å². The number of benzene rings is 2. The quantitative estimate of drug-likeness (QED) is 0.727. The highest BCUT2D eigenvalue weighted by molar-refractivity contribution is 6.05. The molecule has 3 aromatic rings. The Morgan fingerprint density at radius 1 is 0.833 bits per heavy atom. The summed E-state index contributed by atoms with van der Waals surface area (Å²) < 4.78 is 2.15. The number of rotatable bonds is 3. The largest absolute Gasteiger partial charge is 0.322 e. The van der Waals surface area contributed by atoms with Crippen LogP contribution in [0.2, 0.25) is 0 Å². The molecule has 2 aromatic carbocycles. The second kappa shape index (κ2) is 6.36. The van der Waals surface area contributed by atoms with Gasteiger partial charge in [0.15, 0.2) is 0 Å². The number of nitrogens with zero attached hydrogens (tertiary/aromatic N) is 1. The normalized spacial score (nSPS) is 10.7. The first-order valence-corrected chi connectivity index (χ1v) is 8.10. The average Bonchev–Trinajstić information content (AvgIpc) is 2.90. The van der Waals surface area contributed by atoms with Crippen LogP contribution < -0.4 is 5.32 Å². The van der Waals surface area contributed by atoms with Gasteiger partial charge < -0.3 is 9.88 Å². The Morgan fingerprint density at radius 3 is 2.04 bits per heavy atom. The first-order valence-electron chi connectivity index (χ1n) is 8.10. The number of nitrogens with one attached hydrogen (secondary N) is 1. The Hall–Kier alpha value is -2.81. The number of anilines is 1. The summed E-state index contributed by atoms with van der Waals surface area (Å²) in [6.45, 7) is 8.14. The molecule has 0 atom stereocenters. The minimum atomic E-state index is -0.0864. The second-order valence-corrected chi connectivity index (χ2v) is 6.22. The predicted octanol–water partition coefficient (Wildman–Crippen LogP) is 4.96. The number of amides is 1. The highest BCUT2D eigenvalue weighted by atomic mass is 16.1. The zero-order valence-corrected chi connectivity index (χ0v) is 14.6. The summed E-state index contributed by atoms with van der Waals surface area (Å²) in [6, 6.07) is 17.9. The Labute approximate surface area is 143 Å². The maximum atomic E-state index is 12.7. The van der Waals surface area contributed by atoms with E-state index in [1.165, 1.54) is 0 Å². The third-order valence-corrected chi connectivity index (χ3v) is 4.36. The van der Waals surface area contributed by atoms with Gasteiger partial charge in [0.1, 0.15) is 0 Å². The van der Waals surface area contributed by atoms with Crippen LogP contribution in [0, 0.1) is 27.7 Å². The molecule has 0 radical (unpaired) electrons. The fraction of sp³-hybridized carbons (Fsp3) is 0.190. The zero-order valence-electron chi connectivity index (χ0n) is 14.6. The van der Waals surface area contributed by atoms with Gasteiger partial charge in [-0.15, -0.1) is 0 Å². The van der Waals surface area contributed by atoms with Gasteiger partial charge >= 0.3 is 0 Å². The Morgan fingerprint density at radius 2 is 1.42 bits per heavy atom. The van der Waals surface area contributed by atoms with Crippen molar-refractivity contribution in [3.05, 3.63) is 82.7 Å². The number of hydrogen-bond donors (Lipinski definition) is 1. The van der Waals surface area contributed by atoms with Crippen molar-refractivity contribution >= 4 is 11.6 Å². The van der Waals surface area contributed by atoms with E-state index in [9.17, 15) is 4.79 Å². The van der Waals surface area contributed by atoms with Crippen LogP contribution in [-0.2, 0) is 0 Å². The standard InChI is InChI=1S/C21H22N2O/c1-14-7-5-8-15(2)20(14)22-21(24)18-9-6-10-19(13-18)23-16(3)11-12-17(23)4/h5-13H,1-4H3,(H,22,24). The topological polar surface area (TPSA) is 34.0 Å². The van der Waals surface area contributed by atoms with E-state index in [1.54, 1.807) is 0 Å². The molecule has 3 rings (SSSR count). The van der Waals surface area contributed by atoms with Gasteiger partial charge in [-0.2, -0.15) is 0 Å². The van der Waals surface area contributed by atoms with Crippen molar-refractivity contribution in [3.8, 4) is 5.69 Å². The number of aromatic nitrogens is 1. The number of aryl methyl sites for hydroxylation is 4. The van der Waals surface area contributed by atoms with Crippen LogP contribution >= 0.6 is 0 Å². The summed E-state index contributed by atoms with van der Waals surface area (Å²) in [5.74, 6) is -0.0864. The smallest absolute Gasteiger partial charge is 0.255 e. The Balaban J connectivity index is 1.93. The summed E-state index contributed by atoms with van der Waals surface area (Å²) in [7, 11) is 0. The van der Waals surface area contributed by atoms with E-state index in [1.807, 2.05) is 56.3 Å². The molecule has 24 heavy (non-hydrogen) atoms. The van der Waals surface area contributed by atoms with Crippen molar-refractivity contribution in [3.63, 3.8) is 0 Å². The van der Waals surface area contributed by atoms with Crippen molar-refractivity contribution in [2.75, 3.05) is 5.32 Å². The maximum absolute atomic E-state index is 12.7. The Kier molecular flexibility index (Phi) is 4.26. The average molecular weight is 318 g/mol. The lowest BCUT2D eigenvalue weighted by Gasteiger charge is -2.13. The molecule has 0 spiro atoms. The molecule has 1 amide bonds. The molecule has 0 saturated carbocycles. The van der Waals surface area contributed by atoms with E-state index in [4.69, 9.17) is 0 Å². The van der Waals surface area contributed by atoms with E-state index in [0.717, 1.165) is 33.9 Å². The van der Waals surface area contributed by atoms with Crippen LogP contribution in [0.4, 0.5) is 5.69 Å². The highest BCUT2D eigenvalue weighted by Gasteiger charge is 2.11. The lowest BCUT2D eigenvalue weighted by Crippen LogP contribution is -2.14. The summed E-state index contributed by atoms with van der Waals surface area (Å²) in [5.41, 5.74) is 6.99. The molecule has 1 aromatic heterocycles. The van der Waals surface area contributed by atoms with Gasteiger partial charge in [-0.3, -0.25) is 4.79 Å². The fourth-order valence-electron chi connectivity index (χ4n) is 3.06. The lowest BCUT2D eigenvalue weighted by molar-refractivity contribution is 0.102. The molecule has 0 saturated heterocycles. The lowest BCUT2D eigenvalue weighted by atomic mass is 10.1. The van der Waals surface area contributed by atoms with Crippen molar-refractivity contribution in [2.45, 2.75) is 27.7 Å². The molecule has 3 nitrogen and oxygen atoms in total. The monoisotopic (exact) mass is 318 g/mol. The van der Waals surface area contributed by atoms with Crippen LogP contribution in [0.15, 0.2) is 54.6 Å². The van der Waals surface area contributed by atoms with E-state index in [0.29, 0.717) is 5.56 Å². The number of carbonyl (C=O) groups is 1. The van der Waals surface area contributed by atoms with Gasteiger partial charge in [-0.25, -0.2) is 0 Å². The van der Waals surface area contributed by atoms with Crippen molar-refractivity contribution in [1.82, 2.24) is 4.57 Å². The maximum Gasteiger partial charge on any atom is 0.255 e. The molecule has 0 fully saturated rings. The highest BCUT2D eigenvalue weighted by Crippen LogP contribution is 2.22. The van der Waals surface area contributed by atoms with Gasteiger partial charge in [-0.05, 0) is 69.2 Å². The fourth-order valence-corrected chi connectivity index (χ4v) is 3.06. The molecule has 0 aliphatic heterocycles. The van der Waals surface area contributed by atoms with Gasteiger partial charge in [0.2, 0.25) is 0 Å². The summed E-state index contributed by atoms with van der Waals surface area (Å²) in [6.07, 6.45) is 0.